The first-order valence-electron chi connectivity index (χ1n) is 9.16. The van der Waals surface area contributed by atoms with E-state index in [1.165, 1.54) is 0 Å². The molecule has 0 saturated carbocycles. The van der Waals surface area contributed by atoms with Crippen LogP contribution in [0.25, 0.3) is 21.7 Å². The highest BCUT2D eigenvalue weighted by atomic mass is 16.6. The number of fused-ring (bicyclic) bond motifs is 3. The van der Waals surface area contributed by atoms with Crippen molar-refractivity contribution in [3.05, 3.63) is 57.9 Å². The number of aryl methyl sites for hydroxylation is 2. The molecule has 0 bridgehead atoms. The van der Waals surface area contributed by atoms with Crippen LogP contribution in [0.2, 0.25) is 0 Å². The summed E-state index contributed by atoms with van der Waals surface area (Å²) in [6.07, 6.45) is 1.09. The summed E-state index contributed by atoms with van der Waals surface area (Å²) in [7, 11) is 0. The number of carbonyl (C=O) groups is 1. The number of ether oxygens (including phenoxy) is 1. The summed E-state index contributed by atoms with van der Waals surface area (Å²) in [5.74, 6) is 0. The van der Waals surface area contributed by atoms with Gasteiger partial charge in [-0.1, -0.05) is 24.3 Å². The fourth-order valence-corrected chi connectivity index (χ4v) is 3.04. The molecule has 0 radical (unpaired) electrons. The molecule has 2 aromatic carbocycles. The fourth-order valence-electron chi connectivity index (χ4n) is 3.04. The molecule has 27 heavy (non-hydrogen) atoms. The van der Waals surface area contributed by atoms with E-state index in [0.717, 1.165) is 34.7 Å². The van der Waals surface area contributed by atoms with Crippen LogP contribution in [-0.2, 0) is 11.2 Å². The lowest BCUT2D eigenvalue weighted by molar-refractivity contribution is 0.0527. The van der Waals surface area contributed by atoms with Crippen LogP contribution in [-0.4, -0.2) is 18.2 Å². The fraction of sp³-hybridized carbons (Fsp3) is 0.364. The molecule has 1 aromatic heterocycles. The topological polar surface area (TPSA) is 68.5 Å². The first-order chi connectivity index (χ1) is 12.7. The van der Waals surface area contributed by atoms with Gasteiger partial charge in [-0.15, -0.1) is 0 Å². The van der Waals surface area contributed by atoms with Crippen LogP contribution in [0.5, 0.6) is 0 Å². The highest BCUT2D eigenvalue weighted by molar-refractivity contribution is 6.04. The molecular weight excluding hydrogens is 342 g/mol. The van der Waals surface area contributed by atoms with Crippen molar-refractivity contribution in [1.29, 1.82) is 0 Å². The van der Waals surface area contributed by atoms with Gasteiger partial charge >= 0.3 is 11.7 Å². The van der Waals surface area contributed by atoms with E-state index in [2.05, 4.69) is 5.32 Å². The smallest absolute Gasteiger partial charge is 0.407 e. The Morgan fingerprint density at radius 3 is 2.56 bits per heavy atom. The Morgan fingerprint density at radius 1 is 1.07 bits per heavy atom. The van der Waals surface area contributed by atoms with Gasteiger partial charge in [0.15, 0.2) is 0 Å². The van der Waals surface area contributed by atoms with Crippen molar-refractivity contribution >= 4 is 27.8 Å². The molecule has 0 fully saturated rings. The standard InChI is InChI=1S/C22H25NO4/c1-14-7-9-17-16-10-8-15(13-18(16)20(24)26-19(17)12-14)6-5-11-23-21(25)27-22(2,3)4/h7-10,12-13H,5-6,11H2,1-4H3,(H,23,25). The average Bonchev–Trinajstić information content (AvgIpc) is 2.57. The Bertz CT molecular complexity index is 1040. The predicted octanol–water partition coefficient (Wildman–Crippen LogP) is 4.71. The molecule has 3 rings (SSSR count). The zero-order chi connectivity index (χ0) is 19.6. The minimum atomic E-state index is -0.502. The Kier molecular flexibility index (Phi) is 5.22. The number of hydrogen-bond donors (Lipinski definition) is 1. The van der Waals surface area contributed by atoms with Crippen LogP contribution >= 0.6 is 0 Å². The van der Waals surface area contributed by atoms with E-state index < -0.39 is 11.7 Å². The van der Waals surface area contributed by atoms with Gasteiger partial charge in [0.25, 0.3) is 0 Å². The van der Waals surface area contributed by atoms with E-state index in [0.29, 0.717) is 17.5 Å². The van der Waals surface area contributed by atoms with Crippen molar-refractivity contribution in [3.63, 3.8) is 0 Å². The molecule has 1 heterocycles. The summed E-state index contributed by atoms with van der Waals surface area (Å²) in [6.45, 7) is 7.98. The van der Waals surface area contributed by atoms with Crippen LogP contribution in [0.15, 0.2) is 45.6 Å². The van der Waals surface area contributed by atoms with Gasteiger partial charge in [0, 0.05) is 11.9 Å². The van der Waals surface area contributed by atoms with E-state index in [9.17, 15) is 9.59 Å². The summed E-state index contributed by atoms with van der Waals surface area (Å²) in [5.41, 5.74) is 1.88. The average molecular weight is 367 g/mol. The third-order valence-electron chi connectivity index (χ3n) is 4.24. The minimum absolute atomic E-state index is 0.322. The zero-order valence-electron chi connectivity index (χ0n) is 16.2. The molecule has 0 aliphatic rings. The van der Waals surface area contributed by atoms with Gasteiger partial charge in [0.1, 0.15) is 11.2 Å². The monoisotopic (exact) mass is 367 g/mol. The van der Waals surface area contributed by atoms with Gasteiger partial charge in [-0.05, 0) is 69.2 Å². The molecule has 1 N–H and O–H groups in total. The first-order valence-corrected chi connectivity index (χ1v) is 9.16. The largest absolute Gasteiger partial charge is 0.444 e. The highest BCUT2D eigenvalue weighted by Gasteiger charge is 2.15. The minimum Gasteiger partial charge on any atom is -0.444 e. The van der Waals surface area contributed by atoms with Crippen molar-refractivity contribution < 1.29 is 13.9 Å². The summed E-state index contributed by atoms with van der Waals surface area (Å²) < 4.78 is 10.7. The molecule has 5 heteroatoms. The number of rotatable bonds is 4. The normalized spacial score (nSPS) is 11.7. The highest BCUT2D eigenvalue weighted by Crippen LogP contribution is 2.24. The van der Waals surface area contributed by atoms with Gasteiger partial charge in [0.2, 0.25) is 0 Å². The molecular formula is C22H25NO4. The first kappa shape index (κ1) is 19.0. The van der Waals surface area contributed by atoms with E-state index in [4.69, 9.17) is 9.15 Å². The molecule has 1 amide bonds. The van der Waals surface area contributed by atoms with Crippen molar-refractivity contribution in [3.8, 4) is 0 Å². The maximum atomic E-state index is 12.4. The molecule has 0 aliphatic carbocycles. The summed E-state index contributed by atoms with van der Waals surface area (Å²) >= 11 is 0. The van der Waals surface area contributed by atoms with E-state index >= 15 is 0 Å². The second-order valence-electron chi connectivity index (χ2n) is 7.80. The molecule has 3 aromatic rings. The summed E-state index contributed by atoms with van der Waals surface area (Å²) in [4.78, 5) is 24.0. The molecule has 5 nitrogen and oxygen atoms in total. The maximum Gasteiger partial charge on any atom is 0.407 e. The second kappa shape index (κ2) is 7.43. The van der Waals surface area contributed by atoms with Crippen molar-refractivity contribution in [2.45, 2.75) is 46.1 Å². The number of nitrogens with one attached hydrogen (secondary N) is 1. The number of carbonyl (C=O) groups excluding carboxylic acids is 1. The van der Waals surface area contributed by atoms with Crippen molar-refractivity contribution in [1.82, 2.24) is 5.32 Å². The number of hydrogen-bond acceptors (Lipinski definition) is 4. The number of alkyl carbamates (subject to hydrolysis) is 1. The van der Waals surface area contributed by atoms with Crippen LogP contribution in [0.3, 0.4) is 0 Å². The number of benzene rings is 2. The third kappa shape index (κ3) is 4.67. The molecule has 0 unspecified atom stereocenters. The molecule has 0 aliphatic heterocycles. The lowest BCUT2D eigenvalue weighted by atomic mass is 10.0. The third-order valence-corrected chi connectivity index (χ3v) is 4.24. The van der Waals surface area contributed by atoms with E-state index in [-0.39, 0.29) is 5.63 Å². The predicted molar refractivity (Wildman–Crippen MR) is 107 cm³/mol. The Balaban J connectivity index is 1.71. The van der Waals surface area contributed by atoms with Gasteiger partial charge in [-0.2, -0.15) is 0 Å². The number of amides is 1. The summed E-state index contributed by atoms with van der Waals surface area (Å²) in [5, 5.41) is 5.17. The molecule has 0 atom stereocenters. The SMILES string of the molecule is Cc1ccc2c(c1)oc(=O)c1cc(CCCNC(=O)OC(C)(C)C)ccc12. The lowest BCUT2D eigenvalue weighted by Crippen LogP contribution is -2.33. The molecule has 142 valence electrons. The van der Waals surface area contributed by atoms with Gasteiger partial charge < -0.3 is 14.5 Å². The van der Waals surface area contributed by atoms with Crippen molar-refractivity contribution in [2.75, 3.05) is 6.54 Å². The molecule has 0 saturated heterocycles. The maximum absolute atomic E-state index is 12.4. The summed E-state index contributed by atoms with van der Waals surface area (Å²) in [6, 6.07) is 11.8. The van der Waals surface area contributed by atoms with Gasteiger partial charge in [-0.25, -0.2) is 9.59 Å². The van der Waals surface area contributed by atoms with E-state index in [1.54, 1.807) is 0 Å². The Hall–Kier alpha value is -2.82. The Morgan fingerprint density at radius 2 is 1.81 bits per heavy atom. The van der Waals surface area contributed by atoms with Crippen molar-refractivity contribution in [2.24, 2.45) is 0 Å². The van der Waals surface area contributed by atoms with Crippen LogP contribution < -0.4 is 10.9 Å². The van der Waals surface area contributed by atoms with Crippen LogP contribution in [0.1, 0.15) is 38.3 Å². The van der Waals surface area contributed by atoms with Crippen LogP contribution in [0, 0.1) is 6.92 Å². The zero-order valence-corrected chi connectivity index (χ0v) is 16.2. The Labute approximate surface area is 158 Å². The second-order valence-corrected chi connectivity index (χ2v) is 7.80. The van der Waals surface area contributed by atoms with Gasteiger partial charge in [0.05, 0.1) is 5.39 Å². The van der Waals surface area contributed by atoms with Crippen LogP contribution in [0.4, 0.5) is 4.79 Å². The van der Waals surface area contributed by atoms with E-state index in [1.807, 2.05) is 64.1 Å². The quantitative estimate of drug-likeness (QED) is 0.412. The van der Waals surface area contributed by atoms with Gasteiger partial charge in [-0.3, -0.25) is 0 Å². The molecule has 0 spiro atoms. The lowest BCUT2D eigenvalue weighted by Gasteiger charge is -2.19.